The van der Waals surface area contributed by atoms with Crippen LogP contribution < -0.4 is 0 Å². The van der Waals surface area contributed by atoms with E-state index in [1.165, 1.54) is 0 Å². The van der Waals surface area contributed by atoms with Crippen LogP contribution in [0.3, 0.4) is 0 Å². The summed E-state index contributed by atoms with van der Waals surface area (Å²) < 4.78 is 12.7. The molecule has 0 aromatic carbocycles. The number of hydrogen-bond donors (Lipinski definition) is 0. The number of carbonyl (C=O) groups excluding carboxylic acids is 1. The number of halogens is 3. The molecule has 0 aliphatic heterocycles. The van der Waals surface area contributed by atoms with Gasteiger partial charge in [-0.1, -0.05) is 0 Å². The minimum atomic E-state index is -1.81. The predicted molar refractivity (Wildman–Crippen MR) is 21.3 cm³/mol. The molecule has 0 bridgehead atoms. The molecule has 0 heterocycles. The minimum absolute atomic E-state index is 0. The van der Waals surface area contributed by atoms with Crippen molar-refractivity contribution in [2.75, 3.05) is 0 Å². The molecule has 0 aliphatic carbocycles. The normalized spacial score (nSPS) is 4.71. The lowest BCUT2D eigenvalue weighted by Gasteiger charge is -1.55. The van der Waals surface area contributed by atoms with Crippen LogP contribution in [0.2, 0.25) is 0 Å². The fourth-order valence-corrected chi connectivity index (χ4v) is 0. The van der Waals surface area contributed by atoms with E-state index in [2.05, 4.69) is 16.8 Å². The predicted octanol–water partition coefficient (Wildman–Crippen LogP) is 1.11. The molecular weight excluding hydrogens is 131 g/mol. The Morgan fingerprint density at radius 3 is 1.71 bits per heavy atom. The summed E-state index contributed by atoms with van der Waals surface area (Å²) in [6, 6.07) is 0. The van der Waals surface area contributed by atoms with E-state index < -0.39 is 6.16 Å². The van der Waals surface area contributed by atoms with Crippen molar-refractivity contribution in [2.24, 2.45) is 4.36 Å². The zero-order valence-electron chi connectivity index (χ0n) is 2.96. The molecule has 0 atom stereocenters. The molecule has 2 nitrogen and oxygen atoms in total. The van der Waals surface area contributed by atoms with Gasteiger partial charge < -0.3 is 0 Å². The number of nitrogens with zero attached hydrogens (tertiary/aromatic N) is 1. The molecule has 0 fully saturated rings. The summed E-state index contributed by atoms with van der Waals surface area (Å²) in [5.74, 6) is 0. The molecule has 0 radical (unpaired) electrons. The molecule has 44 valence electrons. The van der Waals surface area contributed by atoms with Crippen molar-refractivity contribution in [2.45, 2.75) is 0 Å². The third kappa shape index (κ3) is 30.3. The smallest absolute Gasteiger partial charge is 0.269 e. The summed E-state index contributed by atoms with van der Waals surface area (Å²) in [5, 5.41) is 0. The summed E-state index contributed by atoms with van der Waals surface area (Å²) in [5.41, 5.74) is 0. The van der Waals surface area contributed by atoms with Gasteiger partial charge in [0.2, 0.25) is 0 Å². The Morgan fingerprint density at radius 1 is 1.57 bits per heavy atom. The third-order valence-corrected chi connectivity index (χ3v) is 0.215. The number of hydrogen-bond acceptors (Lipinski definition) is 2. The molecule has 6 heteroatoms. The zero-order chi connectivity index (χ0) is 4.28. The molecule has 0 N–H and O–H groups in total. The van der Waals surface area contributed by atoms with Crippen molar-refractivity contribution in [3.63, 3.8) is 0 Å². The van der Waals surface area contributed by atoms with Crippen LogP contribution in [0.4, 0.5) is 18.6 Å². The van der Waals surface area contributed by atoms with Gasteiger partial charge in [-0.05, 0) is 0 Å². The van der Waals surface area contributed by atoms with E-state index in [0.717, 1.165) is 0 Å². The second kappa shape index (κ2) is 9.08. The lowest BCUT2D eigenvalue weighted by atomic mass is 11.4. The summed E-state index contributed by atoms with van der Waals surface area (Å²) >= 11 is 3.58. The first kappa shape index (κ1) is 16.1. The van der Waals surface area contributed by atoms with Crippen molar-refractivity contribution >= 4 is 18.6 Å². The molecule has 7 heavy (non-hydrogen) atoms. The van der Waals surface area contributed by atoms with Gasteiger partial charge in [-0.15, -0.1) is 8.75 Å². The maximum Gasteiger partial charge on any atom is 0.435 e. The highest BCUT2D eigenvalue weighted by atomic mass is 32.1. The van der Waals surface area contributed by atoms with Crippen LogP contribution in [0.1, 0.15) is 0 Å². The van der Waals surface area contributed by atoms with Crippen LogP contribution in [-0.4, -0.2) is 6.16 Å². The van der Waals surface area contributed by atoms with Crippen molar-refractivity contribution in [1.29, 1.82) is 0 Å². The molecule has 0 saturated heterocycles. The fraction of sp³-hybridized carbons (Fsp3) is 0. The average Bonchev–Trinajstić information content (AvgIpc) is 1.38. The molecular formula is CH2F3NOS. The number of carbonyl (C=O) groups is 1. The van der Waals surface area contributed by atoms with Crippen molar-refractivity contribution in [1.82, 2.24) is 0 Å². The van der Waals surface area contributed by atoms with E-state index in [0.29, 0.717) is 0 Å². The molecule has 0 spiro atoms. The number of rotatable bonds is 0. The molecule has 0 aliphatic rings. The van der Waals surface area contributed by atoms with E-state index >= 15 is 0 Å². The molecule has 0 saturated carbocycles. The minimum Gasteiger partial charge on any atom is -0.269 e. The Balaban J connectivity index is -0.0000000800. The van der Waals surface area contributed by atoms with Gasteiger partial charge in [0.05, 0.1) is 0 Å². The average molecular weight is 133 g/mol. The summed E-state index contributed by atoms with van der Waals surface area (Å²) in [4.78, 5) is 8.88. The van der Waals surface area contributed by atoms with Crippen LogP contribution >= 0.6 is 0 Å². The topological polar surface area (TPSA) is 29.4 Å². The number of amides is 1. The van der Waals surface area contributed by atoms with Gasteiger partial charge in [0, 0.05) is 12.4 Å². The van der Waals surface area contributed by atoms with Gasteiger partial charge in [0.25, 0.3) is 0 Å². The van der Waals surface area contributed by atoms with Gasteiger partial charge >= 0.3 is 6.16 Å². The molecule has 0 unspecified atom stereocenters. The second-order valence-corrected chi connectivity index (χ2v) is 0.527. The van der Waals surface area contributed by atoms with Crippen LogP contribution in [0.25, 0.3) is 0 Å². The van der Waals surface area contributed by atoms with Crippen LogP contribution in [0, 0.1) is 0 Å². The quantitative estimate of drug-likeness (QED) is 0.366. The van der Waals surface area contributed by atoms with Gasteiger partial charge in [0.15, 0.2) is 0 Å². The zero-order valence-corrected chi connectivity index (χ0v) is 3.77. The molecule has 0 rings (SSSR count). The molecule has 1 amide bonds. The first-order valence-electron chi connectivity index (χ1n) is 0.799. The van der Waals surface area contributed by atoms with Gasteiger partial charge in [-0.2, -0.15) is 0 Å². The van der Waals surface area contributed by atoms with E-state index in [1.807, 2.05) is 0 Å². The van der Waals surface area contributed by atoms with E-state index in [4.69, 9.17) is 4.79 Å². The lowest BCUT2D eigenvalue weighted by molar-refractivity contribution is 0.232. The van der Waals surface area contributed by atoms with Crippen LogP contribution in [0.15, 0.2) is 4.36 Å². The van der Waals surface area contributed by atoms with Crippen LogP contribution in [-0.2, 0) is 12.4 Å². The molecule has 0 aromatic heterocycles. The van der Waals surface area contributed by atoms with E-state index in [-0.39, 0.29) is 9.41 Å². The Bertz CT molecular complexity index is 66.0. The summed E-state index contributed by atoms with van der Waals surface area (Å²) in [7, 11) is 0. The van der Waals surface area contributed by atoms with Gasteiger partial charge in [-0.3, -0.25) is 9.41 Å². The first-order chi connectivity index (χ1) is 2.27. The summed E-state index contributed by atoms with van der Waals surface area (Å²) in [6.07, 6.45) is -1.81. The van der Waals surface area contributed by atoms with Crippen molar-refractivity contribution in [3.05, 3.63) is 0 Å². The van der Waals surface area contributed by atoms with Crippen LogP contribution in [0.5, 0.6) is 0 Å². The third-order valence-electron chi connectivity index (χ3n) is 0.0718. The maximum atomic E-state index is 10.5. The standard InChI is InChI=1S/CFNOS.2FH/c2-1(4)3-5;;/h;2*1H. The van der Waals surface area contributed by atoms with Gasteiger partial charge in [0.1, 0.15) is 0 Å². The second-order valence-electron chi connectivity index (χ2n) is 0.344. The Labute approximate surface area is 42.6 Å². The van der Waals surface area contributed by atoms with E-state index in [1.54, 1.807) is 0 Å². The van der Waals surface area contributed by atoms with Crippen molar-refractivity contribution in [3.8, 4) is 0 Å². The summed E-state index contributed by atoms with van der Waals surface area (Å²) in [6.45, 7) is 0. The first-order valence-corrected chi connectivity index (χ1v) is 1.16. The van der Waals surface area contributed by atoms with E-state index in [9.17, 15) is 4.39 Å². The Kier molecular flexibility index (Phi) is 20.8. The maximum absolute atomic E-state index is 10.5. The monoisotopic (exact) mass is 133 g/mol. The van der Waals surface area contributed by atoms with Gasteiger partial charge in [-0.25, -0.2) is 4.79 Å². The largest absolute Gasteiger partial charge is 0.435 e. The Morgan fingerprint density at radius 2 is 1.71 bits per heavy atom. The Hall–Kier alpha value is -0.520. The molecule has 0 aromatic rings. The van der Waals surface area contributed by atoms with Crippen molar-refractivity contribution < 1.29 is 18.6 Å². The highest BCUT2D eigenvalue weighted by Gasteiger charge is 1.81. The highest BCUT2D eigenvalue weighted by molar-refractivity contribution is 7.47. The SMILES string of the molecule is F.F.O=C(F)N=S. The fourth-order valence-electron chi connectivity index (χ4n) is 0. The highest BCUT2D eigenvalue weighted by Crippen LogP contribution is 1.71. The lowest BCUT2D eigenvalue weighted by Crippen LogP contribution is -1.65.